The lowest BCUT2D eigenvalue weighted by molar-refractivity contribution is 0.683. The van der Waals surface area contributed by atoms with Crippen LogP contribution in [-0.4, -0.2) is 39.5 Å². The minimum absolute atomic E-state index is 0.126. The number of nitrogens with zero attached hydrogens (tertiary/aromatic N) is 3. The zero-order valence-electron chi connectivity index (χ0n) is 15.6. The van der Waals surface area contributed by atoms with E-state index in [4.69, 9.17) is 15.7 Å². The molecule has 4 rings (SSSR count). The molecule has 5 nitrogen and oxygen atoms in total. The van der Waals surface area contributed by atoms with Crippen molar-refractivity contribution in [2.24, 2.45) is 5.73 Å². The van der Waals surface area contributed by atoms with Gasteiger partial charge in [0.15, 0.2) is 5.82 Å². The van der Waals surface area contributed by atoms with Crippen LogP contribution in [0.4, 0.5) is 5.82 Å². The average Bonchev–Trinajstić information content (AvgIpc) is 3.09. The van der Waals surface area contributed by atoms with Gasteiger partial charge in [-0.25, -0.2) is 9.97 Å². The molecule has 0 aliphatic heterocycles. The van der Waals surface area contributed by atoms with Crippen LogP contribution in [0.25, 0.3) is 21.6 Å². The van der Waals surface area contributed by atoms with Crippen molar-refractivity contribution >= 4 is 39.1 Å². The largest absolute Gasteiger partial charge is 0.368 e. The lowest BCUT2D eigenvalue weighted by Gasteiger charge is -2.16. The maximum absolute atomic E-state index is 6.29. The Hall–Kier alpha value is -1.70. The Morgan fingerprint density at radius 3 is 2.85 bits per heavy atom. The van der Waals surface area contributed by atoms with Crippen molar-refractivity contribution in [2.45, 2.75) is 38.1 Å². The fraction of sp³-hybridized carbons (Fsp3) is 0.450. The molecule has 3 heterocycles. The number of anilines is 1. The van der Waals surface area contributed by atoms with E-state index in [-0.39, 0.29) is 6.04 Å². The van der Waals surface area contributed by atoms with E-state index in [1.807, 2.05) is 35.2 Å². The van der Waals surface area contributed by atoms with Crippen molar-refractivity contribution in [2.75, 3.05) is 23.9 Å². The van der Waals surface area contributed by atoms with Gasteiger partial charge in [-0.3, -0.25) is 4.98 Å². The predicted octanol–water partition coefficient (Wildman–Crippen LogP) is 4.12. The molecule has 1 unspecified atom stereocenters. The van der Waals surface area contributed by atoms with Crippen molar-refractivity contribution in [3.63, 3.8) is 0 Å². The standard InChI is InChI=1S/C20H25N5S2/c1-26-11-8-14(21)12-23-19-17-15-4-2-3-5-16(15)27-20(17)25-18(24-19)13-6-9-22-10-7-13/h6-7,9-10,14H,2-5,8,11-12,21H2,1H3,(H,23,24,25). The van der Waals surface area contributed by atoms with Crippen LogP contribution < -0.4 is 11.1 Å². The van der Waals surface area contributed by atoms with Gasteiger partial charge in [0.25, 0.3) is 0 Å². The summed E-state index contributed by atoms with van der Waals surface area (Å²) in [5, 5.41) is 4.76. The quantitative estimate of drug-likeness (QED) is 0.622. The van der Waals surface area contributed by atoms with Crippen molar-refractivity contribution in [1.29, 1.82) is 0 Å². The molecule has 3 aromatic heterocycles. The highest BCUT2D eigenvalue weighted by atomic mass is 32.2. The summed E-state index contributed by atoms with van der Waals surface area (Å²) in [7, 11) is 0. The van der Waals surface area contributed by atoms with E-state index in [2.05, 4.69) is 16.6 Å². The first-order chi connectivity index (χ1) is 13.3. The highest BCUT2D eigenvalue weighted by Crippen LogP contribution is 2.39. The summed E-state index contributed by atoms with van der Waals surface area (Å²) in [6.07, 6.45) is 11.5. The third-order valence-corrected chi connectivity index (χ3v) is 6.81. The molecule has 142 valence electrons. The molecule has 0 fully saturated rings. The van der Waals surface area contributed by atoms with Crippen LogP contribution in [-0.2, 0) is 12.8 Å². The fourth-order valence-corrected chi connectivity index (χ4v) is 5.31. The number of rotatable bonds is 7. The molecule has 0 aromatic carbocycles. The van der Waals surface area contributed by atoms with Gasteiger partial charge in [-0.2, -0.15) is 11.8 Å². The highest BCUT2D eigenvalue weighted by Gasteiger charge is 2.21. The topological polar surface area (TPSA) is 76.7 Å². The van der Waals surface area contributed by atoms with Crippen LogP contribution in [0.1, 0.15) is 29.7 Å². The van der Waals surface area contributed by atoms with E-state index in [0.717, 1.165) is 53.6 Å². The van der Waals surface area contributed by atoms with Crippen LogP contribution in [0.5, 0.6) is 0 Å². The first-order valence-electron chi connectivity index (χ1n) is 9.47. The molecule has 27 heavy (non-hydrogen) atoms. The molecule has 0 amide bonds. The molecule has 7 heteroatoms. The number of fused-ring (bicyclic) bond motifs is 3. The van der Waals surface area contributed by atoms with Crippen LogP contribution in [0.2, 0.25) is 0 Å². The summed E-state index contributed by atoms with van der Waals surface area (Å²) >= 11 is 3.67. The lowest BCUT2D eigenvalue weighted by atomic mass is 9.97. The van der Waals surface area contributed by atoms with E-state index in [0.29, 0.717) is 0 Å². The van der Waals surface area contributed by atoms with Crippen molar-refractivity contribution in [3.05, 3.63) is 35.0 Å². The molecule has 1 aliphatic rings. The van der Waals surface area contributed by atoms with Crippen LogP contribution in [0.15, 0.2) is 24.5 Å². The Labute approximate surface area is 168 Å². The maximum atomic E-state index is 6.29. The van der Waals surface area contributed by atoms with Gasteiger partial charge in [0.05, 0.1) is 5.39 Å². The third-order valence-electron chi connectivity index (χ3n) is 4.98. The van der Waals surface area contributed by atoms with Crippen molar-refractivity contribution in [1.82, 2.24) is 15.0 Å². The minimum Gasteiger partial charge on any atom is -0.368 e. The van der Waals surface area contributed by atoms with Crippen LogP contribution in [0.3, 0.4) is 0 Å². The molecule has 0 radical (unpaired) electrons. The zero-order valence-corrected chi connectivity index (χ0v) is 17.2. The van der Waals surface area contributed by atoms with E-state index in [1.54, 1.807) is 12.4 Å². The molecule has 0 saturated carbocycles. The first kappa shape index (κ1) is 18.7. The SMILES string of the molecule is CSCCC(N)CNc1nc(-c2ccncc2)nc2sc3c(c12)CCCC3. The molecular weight excluding hydrogens is 374 g/mol. The number of thiophene rings is 1. The van der Waals surface area contributed by atoms with Crippen molar-refractivity contribution < 1.29 is 0 Å². The number of nitrogens with two attached hydrogens (primary N) is 1. The molecular formula is C20H25N5S2. The van der Waals surface area contributed by atoms with Gasteiger partial charge in [0.1, 0.15) is 10.6 Å². The number of nitrogens with one attached hydrogen (secondary N) is 1. The van der Waals surface area contributed by atoms with E-state index < -0.39 is 0 Å². The smallest absolute Gasteiger partial charge is 0.163 e. The van der Waals surface area contributed by atoms with Gasteiger partial charge in [-0.1, -0.05) is 0 Å². The van der Waals surface area contributed by atoms with E-state index >= 15 is 0 Å². The summed E-state index contributed by atoms with van der Waals surface area (Å²) < 4.78 is 0. The summed E-state index contributed by atoms with van der Waals surface area (Å²) in [4.78, 5) is 16.5. The van der Waals surface area contributed by atoms with Gasteiger partial charge in [0.2, 0.25) is 0 Å². The van der Waals surface area contributed by atoms with Crippen molar-refractivity contribution in [3.8, 4) is 11.4 Å². The first-order valence-corrected chi connectivity index (χ1v) is 11.7. The normalized spacial score (nSPS) is 14.9. The molecule has 1 aliphatic carbocycles. The second kappa shape index (κ2) is 8.54. The molecule has 0 spiro atoms. The monoisotopic (exact) mass is 399 g/mol. The Bertz CT molecular complexity index is 910. The Kier molecular flexibility index (Phi) is 5.90. The molecule has 1 atom stereocenters. The van der Waals surface area contributed by atoms with Gasteiger partial charge < -0.3 is 11.1 Å². The number of aryl methyl sites for hydroxylation is 2. The van der Waals surface area contributed by atoms with Gasteiger partial charge in [0, 0.05) is 35.4 Å². The lowest BCUT2D eigenvalue weighted by Crippen LogP contribution is -2.30. The number of aromatic nitrogens is 3. The Morgan fingerprint density at radius 1 is 1.22 bits per heavy atom. The highest BCUT2D eigenvalue weighted by molar-refractivity contribution is 7.98. The second-order valence-electron chi connectivity index (χ2n) is 6.95. The average molecular weight is 400 g/mol. The molecule has 3 N–H and O–H groups in total. The summed E-state index contributed by atoms with van der Waals surface area (Å²) in [5.41, 5.74) is 8.73. The van der Waals surface area contributed by atoms with Gasteiger partial charge >= 0.3 is 0 Å². The fourth-order valence-electron chi connectivity index (χ4n) is 3.51. The van der Waals surface area contributed by atoms with Gasteiger partial charge in [-0.05, 0) is 61.8 Å². The number of hydrogen-bond donors (Lipinski definition) is 2. The Morgan fingerprint density at radius 2 is 2.04 bits per heavy atom. The second-order valence-corrected chi connectivity index (χ2v) is 9.01. The summed E-state index contributed by atoms with van der Waals surface area (Å²) in [6, 6.07) is 4.05. The predicted molar refractivity (Wildman–Crippen MR) is 117 cm³/mol. The molecule has 3 aromatic rings. The number of pyridine rings is 1. The number of thioether (sulfide) groups is 1. The summed E-state index contributed by atoms with van der Waals surface area (Å²) in [5.74, 6) is 2.77. The zero-order chi connectivity index (χ0) is 18.6. The van der Waals surface area contributed by atoms with E-state index in [9.17, 15) is 0 Å². The van der Waals surface area contributed by atoms with Crippen LogP contribution in [0, 0.1) is 0 Å². The van der Waals surface area contributed by atoms with E-state index in [1.165, 1.54) is 28.7 Å². The summed E-state index contributed by atoms with van der Waals surface area (Å²) in [6.45, 7) is 0.729. The molecule has 0 saturated heterocycles. The number of hydrogen-bond acceptors (Lipinski definition) is 7. The molecule has 0 bridgehead atoms. The van der Waals surface area contributed by atoms with Gasteiger partial charge in [-0.15, -0.1) is 11.3 Å². The maximum Gasteiger partial charge on any atom is 0.163 e. The Balaban J connectivity index is 1.72. The third kappa shape index (κ3) is 4.10. The van der Waals surface area contributed by atoms with Crippen LogP contribution >= 0.6 is 23.1 Å². The minimum atomic E-state index is 0.126.